The second-order valence-corrected chi connectivity index (χ2v) is 4.36. The van der Waals surface area contributed by atoms with Crippen LogP contribution < -0.4 is 17.0 Å². The Bertz CT molecular complexity index is 97.1. The molecule has 1 atom stereocenters. The second kappa shape index (κ2) is 8.61. The molecule has 0 aromatic carbocycles. The Morgan fingerprint density at radius 1 is 1.42 bits per heavy atom. The van der Waals surface area contributed by atoms with Gasteiger partial charge in [-0.1, -0.05) is 0 Å². The van der Waals surface area contributed by atoms with Crippen LogP contribution >= 0.6 is 0 Å². The molecule has 0 spiro atoms. The maximum absolute atomic E-state index is 5.52. The van der Waals surface area contributed by atoms with Crippen molar-refractivity contribution in [3.8, 4) is 0 Å². The molecule has 0 amide bonds. The van der Waals surface area contributed by atoms with Crippen LogP contribution in [0.1, 0.15) is 25.7 Å². The summed E-state index contributed by atoms with van der Waals surface area (Å²) in [4.78, 5) is 0. The first-order valence-electron chi connectivity index (χ1n) is 4.46. The first-order chi connectivity index (χ1) is 5.43. The number of ether oxygens (including phenoxy) is 2. The summed E-state index contributed by atoms with van der Waals surface area (Å²) in [5.41, 5.74) is 0. The molecule has 1 unspecified atom stereocenters. The van der Waals surface area contributed by atoms with Crippen molar-refractivity contribution in [1.29, 1.82) is 0 Å². The summed E-state index contributed by atoms with van der Waals surface area (Å²) < 4.78 is 10.9. The summed E-state index contributed by atoms with van der Waals surface area (Å²) in [5, 5.41) is 1.33. The molecule has 0 saturated carbocycles. The van der Waals surface area contributed by atoms with Crippen LogP contribution in [0.2, 0.25) is 5.02 Å². The Hall–Kier alpha value is 1.02. The predicted octanol–water partition coefficient (Wildman–Crippen LogP) is -1.11. The quantitative estimate of drug-likeness (QED) is 0.482. The molecule has 0 aliphatic carbocycles. The van der Waals surface area contributed by atoms with Crippen LogP contribution in [-0.2, 0) is 27.8 Å². The van der Waals surface area contributed by atoms with Gasteiger partial charge in [0.25, 0.3) is 0 Å². The molecular weight excluding hydrogens is 273 g/mol. The zero-order valence-corrected chi connectivity index (χ0v) is 12.0. The van der Waals surface area contributed by atoms with E-state index >= 15 is 0 Å². The van der Waals surface area contributed by atoms with Crippen molar-refractivity contribution in [3.63, 3.8) is 0 Å². The van der Waals surface area contributed by atoms with Gasteiger partial charge in [0, 0.05) is 0 Å². The van der Waals surface area contributed by atoms with Crippen molar-refractivity contribution in [2.24, 2.45) is 0 Å². The third-order valence-electron chi connectivity index (χ3n) is 1.84. The molecule has 1 aliphatic rings. The molecule has 2 nitrogen and oxygen atoms in total. The summed E-state index contributed by atoms with van der Waals surface area (Å²) in [6.07, 6.45) is 4.90. The van der Waals surface area contributed by atoms with E-state index in [4.69, 9.17) is 9.47 Å². The number of rotatable bonds is 4. The van der Waals surface area contributed by atoms with Gasteiger partial charge in [-0.25, -0.2) is 0 Å². The SMILES string of the molecule is [Br-].[Zn+][CH2]CCOC1CCCCO1. The Kier molecular flexibility index (Phi) is 9.35. The van der Waals surface area contributed by atoms with Gasteiger partial charge in [-0.05, 0) is 0 Å². The van der Waals surface area contributed by atoms with Gasteiger partial charge < -0.3 is 17.0 Å². The van der Waals surface area contributed by atoms with E-state index in [0.29, 0.717) is 0 Å². The molecule has 68 valence electrons. The molecule has 0 radical (unpaired) electrons. The summed E-state index contributed by atoms with van der Waals surface area (Å²) in [6.45, 7) is 1.79. The minimum absolute atomic E-state index is 0. The summed E-state index contributed by atoms with van der Waals surface area (Å²) in [6, 6.07) is 0. The summed E-state index contributed by atoms with van der Waals surface area (Å²) in [5.74, 6) is 0. The number of hydrogen-bond donors (Lipinski definition) is 0. The molecule has 1 saturated heterocycles. The second-order valence-electron chi connectivity index (χ2n) is 2.87. The Balaban J connectivity index is 0.00000121. The van der Waals surface area contributed by atoms with E-state index in [0.717, 1.165) is 19.6 Å². The van der Waals surface area contributed by atoms with Gasteiger partial charge in [-0.2, -0.15) is 0 Å². The fourth-order valence-corrected chi connectivity index (χ4v) is 1.59. The Labute approximate surface area is 94.8 Å². The normalized spacial score (nSPS) is 23.3. The van der Waals surface area contributed by atoms with Crippen molar-refractivity contribution in [1.82, 2.24) is 0 Å². The van der Waals surface area contributed by atoms with Gasteiger partial charge in [0.2, 0.25) is 0 Å². The molecule has 0 bridgehead atoms. The fraction of sp³-hybridized carbons (Fsp3) is 1.00. The van der Waals surface area contributed by atoms with Crippen molar-refractivity contribution < 1.29 is 44.8 Å². The monoisotopic (exact) mass is 286 g/mol. The van der Waals surface area contributed by atoms with Gasteiger partial charge in [0.1, 0.15) is 0 Å². The third kappa shape index (κ3) is 5.63. The van der Waals surface area contributed by atoms with Crippen molar-refractivity contribution in [3.05, 3.63) is 0 Å². The fourth-order valence-electron chi connectivity index (χ4n) is 1.16. The molecule has 12 heavy (non-hydrogen) atoms. The maximum atomic E-state index is 5.52. The van der Waals surface area contributed by atoms with Crippen LogP contribution in [0.3, 0.4) is 0 Å². The summed E-state index contributed by atoms with van der Waals surface area (Å²) >= 11 is 1.38. The minimum atomic E-state index is 0. The first kappa shape index (κ1) is 13.0. The van der Waals surface area contributed by atoms with Crippen LogP contribution in [0.4, 0.5) is 0 Å². The molecule has 4 heteroatoms. The first-order valence-corrected chi connectivity index (χ1v) is 6.56. The van der Waals surface area contributed by atoms with Crippen molar-refractivity contribution in [2.75, 3.05) is 13.2 Å². The number of halogens is 1. The molecular formula is C8H15BrO2Zn. The zero-order valence-electron chi connectivity index (χ0n) is 7.43. The van der Waals surface area contributed by atoms with E-state index in [2.05, 4.69) is 0 Å². The molecule has 1 rings (SSSR count). The van der Waals surface area contributed by atoms with E-state index in [9.17, 15) is 0 Å². The Morgan fingerprint density at radius 2 is 2.25 bits per heavy atom. The molecule has 0 aromatic heterocycles. The van der Waals surface area contributed by atoms with Gasteiger partial charge in [0.05, 0.1) is 0 Å². The van der Waals surface area contributed by atoms with Gasteiger partial charge >= 0.3 is 78.0 Å². The van der Waals surface area contributed by atoms with Crippen LogP contribution in [0.5, 0.6) is 0 Å². The van der Waals surface area contributed by atoms with E-state index in [1.165, 1.54) is 42.6 Å². The van der Waals surface area contributed by atoms with Crippen LogP contribution in [-0.4, -0.2) is 19.5 Å². The molecule has 1 heterocycles. The Morgan fingerprint density at radius 3 is 2.83 bits per heavy atom. The molecule has 0 aromatic rings. The summed E-state index contributed by atoms with van der Waals surface area (Å²) in [7, 11) is 0. The van der Waals surface area contributed by atoms with Crippen LogP contribution in [0, 0.1) is 0 Å². The molecule has 1 aliphatic heterocycles. The average Bonchev–Trinajstić information content (AvgIpc) is 2.07. The standard InChI is InChI=1S/C8H15O2.BrH.Zn/c1-2-6-9-8-5-3-4-7-10-8;;/h8H,1-7H2;1H;/q;;+1/p-1. The van der Waals surface area contributed by atoms with Crippen molar-refractivity contribution in [2.45, 2.75) is 37.0 Å². The third-order valence-corrected chi connectivity index (χ3v) is 2.89. The topological polar surface area (TPSA) is 18.5 Å². The van der Waals surface area contributed by atoms with E-state index < -0.39 is 0 Å². The predicted molar refractivity (Wildman–Crippen MR) is 39.0 cm³/mol. The average molecular weight is 288 g/mol. The van der Waals surface area contributed by atoms with Crippen LogP contribution in [0.15, 0.2) is 0 Å². The van der Waals surface area contributed by atoms with E-state index in [-0.39, 0.29) is 23.3 Å². The number of hydrogen-bond acceptors (Lipinski definition) is 2. The van der Waals surface area contributed by atoms with Gasteiger partial charge in [-0.15, -0.1) is 0 Å². The zero-order chi connectivity index (χ0) is 7.94. The van der Waals surface area contributed by atoms with E-state index in [1.54, 1.807) is 0 Å². The van der Waals surface area contributed by atoms with Gasteiger partial charge in [-0.3, -0.25) is 0 Å². The van der Waals surface area contributed by atoms with Crippen molar-refractivity contribution >= 4 is 0 Å². The van der Waals surface area contributed by atoms with E-state index in [1.807, 2.05) is 0 Å². The van der Waals surface area contributed by atoms with Crippen LogP contribution in [0.25, 0.3) is 0 Å². The van der Waals surface area contributed by atoms with Gasteiger partial charge in [0.15, 0.2) is 0 Å². The molecule has 0 N–H and O–H groups in total. The molecule has 1 fully saturated rings.